The molecule has 0 heterocycles. The molecule has 18 heavy (non-hydrogen) atoms. The summed E-state index contributed by atoms with van der Waals surface area (Å²) in [5.41, 5.74) is 0. The third-order valence-corrected chi connectivity index (χ3v) is 5.73. The topological polar surface area (TPSA) is 29.1 Å². The first-order valence-electron chi connectivity index (χ1n) is 7.28. The molecule has 2 nitrogen and oxygen atoms in total. The number of nitrogens with one attached hydrogen (secondary N) is 1. The molecule has 2 saturated carbocycles. The van der Waals surface area contributed by atoms with Gasteiger partial charge in [0.2, 0.25) is 5.91 Å². The molecule has 0 aliphatic heterocycles. The van der Waals surface area contributed by atoms with Crippen LogP contribution < -0.4 is 5.32 Å². The van der Waals surface area contributed by atoms with Gasteiger partial charge in [0.15, 0.2) is 0 Å². The van der Waals surface area contributed by atoms with Crippen LogP contribution in [0.25, 0.3) is 0 Å². The highest BCUT2D eigenvalue weighted by Gasteiger charge is 2.42. The normalized spacial score (nSPS) is 32.6. The molecule has 2 fully saturated rings. The van der Waals surface area contributed by atoms with Gasteiger partial charge in [0.25, 0.3) is 0 Å². The maximum Gasteiger partial charge on any atom is 0.230 e. The minimum atomic E-state index is 0.174. The summed E-state index contributed by atoms with van der Waals surface area (Å²) < 4.78 is 0.174. The van der Waals surface area contributed by atoms with Gasteiger partial charge in [-0.25, -0.2) is 0 Å². The second-order valence-corrected chi connectivity index (χ2v) is 8.90. The molecule has 0 saturated heterocycles. The monoisotopic (exact) mass is 269 g/mol. The zero-order chi connectivity index (χ0) is 13.3. The van der Waals surface area contributed by atoms with E-state index in [0.29, 0.717) is 11.8 Å². The quantitative estimate of drug-likeness (QED) is 0.847. The number of thioether (sulfide) groups is 1. The summed E-state index contributed by atoms with van der Waals surface area (Å²) in [6.45, 7) is 8.67. The molecule has 4 atom stereocenters. The van der Waals surface area contributed by atoms with E-state index in [-0.39, 0.29) is 10.7 Å². The average Bonchev–Trinajstić information content (AvgIpc) is 2.87. The minimum absolute atomic E-state index is 0.174. The standard InChI is InChI=1S/C15H27NOS/c1-10(13-8-11-5-6-12(13)7-11)16-14(17)9-18-15(2,3)4/h10-13H,5-9H2,1-4H3,(H,16,17). The smallest absolute Gasteiger partial charge is 0.230 e. The van der Waals surface area contributed by atoms with Crippen LogP contribution in [0.1, 0.15) is 53.4 Å². The maximum absolute atomic E-state index is 11.9. The van der Waals surface area contributed by atoms with E-state index in [9.17, 15) is 4.79 Å². The molecule has 104 valence electrons. The maximum atomic E-state index is 11.9. The number of rotatable bonds is 4. The van der Waals surface area contributed by atoms with E-state index in [1.807, 2.05) is 0 Å². The van der Waals surface area contributed by atoms with Crippen molar-refractivity contribution >= 4 is 17.7 Å². The van der Waals surface area contributed by atoms with E-state index in [1.165, 1.54) is 25.7 Å². The van der Waals surface area contributed by atoms with Crippen molar-refractivity contribution in [2.75, 3.05) is 5.75 Å². The van der Waals surface area contributed by atoms with Gasteiger partial charge in [0.1, 0.15) is 0 Å². The molecule has 2 aliphatic rings. The molecule has 2 rings (SSSR count). The molecule has 2 bridgehead atoms. The molecule has 3 heteroatoms. The van der Waals surface area contributed by atoms with Crippen molar-refractivity contribution in [3.63, 3.8) is 0 Å². The number of carbonyl (C=O) groups is 1. The van der Waals surface area contributed by atoms with Crippen LogP contribution in [0.5, 0.6) is 0 Å². The van der Waals surface area contributed by atoms with Crippen LogP contribution in [0.4, 0.5) is 0 Å². The number of hydrogen-bond acceptors (Lipinski definition) is 2. The summed E-state index contributed by atoms with van der Waals surface area (Å²) in [4.78, 5) is 11.9. The number of carbonyl (C=O) groups excluding carboxylic acids is 1. The number of fused-ring (bicyclic) bond motifs is 2. The summed E-state index contributed by atoms with van der Waals surface area (Å²) in [5.74, 6) is 3.40. The van der Waals surface area contributed by atoms with Crippen molar-refractivity contribution in [2.24, 2.45) is 17.8 Å². The van der Waals surface area contributed by atoms with Crippen LogP contribution in [0.15, 0.2) is 0 Å². The Hall–Kier alpha value is -0.180. The Labute approximate surface area is 116 Å². The van der Waals surface area contributed by atoms with Crippen LogP contribution >= 0.6 is 11.8 Å². The summed E-state index contributed by atoms with van der Waals surface area (Å²) in [6.07, 6.45) is 5.59. The van der Waals surface area contributed by atoms with E-state index in [0.717, 1.165) is 17.8 Å². The van der Waals surface area contributed by atoms with Crippen LogP contribution in [-0.2, 0) is 4.79 Å². The molecule has 2 aliphatic carbocycles. The van der Waals surface area contributed by atoms with Crippen molar-refractivity contribution in [1.29, 1.82) is 0 Å². The van der Waals surface area contributed by atoms with Crippen molar-refractivity contribution in [1.82, 2.24) is 5.32 Å². The Morgan fingerprint density at radius 2 is 2.06 bits per heavy atom. The Bertz CT molecular complexity index is 310. The highest BCUT2D eigenvalue weighted by molar-refractivity contribution is 8.01. The molecule has 0 aromatic heterocycles. The van der Waals surface area contributed by atoms with Crippen LogP contribution in [-0.4, -0.2) is 22.4 Å². The Kier molecular flexibility index (Phi) is 4.30. The van der Waals surface area contributed by atoms with E-state index in [4.69, 9.17) is 0 Å². The van der Waals surface area contributed by atoms with Crippen molar-refractivity contribution in [3.05, 3.63) is 0 Å². The fraction of sp³-hybridized carbons (Fsp3) is 0.933. The number of amides is 1. The predicted octanol–water partition coefficient (Wildman–Crippen LogP) is 3.46. The van der Waals surface area contributed by atoms with E-state index < -0.39 is 0 Å². The molecule has 0 aromatic rings. The molecule has 0 aromatic carbocycles. The van der Waals surface area contributed by atoms with Crippen molar-refractivity contribution in [2.45, 2.75) is 64.2 Å². The Morgan fingerprint density at radius 1 is 1.33 bits per heavy atom. The van der Waals surface area contributed by atoms with Crippen LogP contribution in [0.3, 0.4) is 0 Å². The fourth-order valence-corrected chi connectivity index (χ4v) is 4.24. The lowest BCUT2D eigenvalue weighted by Gasteiger charge is -2.29. The Morgan fingerprint density at radius 3 is 2.56 bits per heavy atom. The van der Waals surface area contributed by atoms with E-state index in [2.05, 4.69) is 33.0 Å². The van der Waals surface area contributed by atoms with E-state index in [1.54, 1.807) is 11.8 Å². The van der Waals surface area contributed by atoms with Gasteiger partial charge in [-0.3, -0.25) is 4.79 Å². The molecular formula is C15H27NOS. The SMILES string of the molecule is CC(NC(=O)CSC(C)(C)C)C1CC2CCC1C2. The van der Waals surface area contributed by atoms with Crippen molar-refractivity contribution < 1.29 is 4.79 Å². The van der Waals surface area contributed by atoms with Gasteiger partial charge in [-0.15, -0.1) is 11.8 Å². The van der Waals surface area contributed by atoms with Crippen LogP contribution in [0, 0.1) is 17.8 Å². The summed E-state index contributed by atoms with van der Waals surface area (Å²) in [6, 6.07) is 0.369. The highest BCUT2D eigenvalue weighted by Crippen LogP contribution is 2.49. The molecule has 0 radical (unpaired) electrons. The molecule has 1 amide bonds. The highest BCUT2D eigenvalue weighted by atomic mass is 32.2. The lowest BCUT2D eigenvalue weighted by atomic mass is 9.84. The molecular weight excluding hydrogens is 242 g/mol. The molecule has 1 N–H and O–H groups in total. The second-order valence-electron chi connectivity index (χ2n) is 7.10. The zero-order valence-electron chi connectivity index (χ0n) is 12.2. The predicted molar refractivity (Wildman–Crippen MR) is 78.8 cm³/mol. The largest absolute Gasteiger partial charge is 0.353 e. The van der Waals surface area contributed by atoms with Gasteiger partial charge in [0.05, 0.1) is 5.75 Å². The third kappa shape index (κ3) is 3.66. The summed E-state index contributed by atoms with van der Waals surface area (Å²) in [5, 5.41) is 3.22. The molecule has 4 unspecified atom stereocenters. The van der Waals surface area contributed by atoms with Gasteiger partial charge >= 0.3 is 0 Å². The third-order valence-electron chi connectivity index (χ3n) is 4.46. The zero-order valence-corrected chi connectivity index (χ0v) is 13.0. The second kappa shape index (κ2) is 5.44. The first kappa shape index (κ1) is 14.2. The van der Waals surface area contributed by atoms with Crippen LogP contribution in [0.2, 0.25) is 0 Å². The van der Waals surface area contributed by atoms with Gasteiger partial charge in [-0.05, 0) is 43.9 Å². The average molecular weight is 269 g/mol. The lowest BCUT2D eigenvalue weighted by molar-refractivity contribution is -0.119. The van der Waals surface area contributed by atoms with Gasteiger partial charge in [0, 0.05) is 10.8 Å². The molecule has 0 spiro atoms. The number of hydrogen-bond donors (Lipinski definition) is 1. The fourth-order valence-electron chi connectivity index (χ4n) is 3.59. The summed E-state index contributed by atoms with van der Waals surface area (Å²) >= 11 is 1.73. The summed E-state index contributed by atoms with van der Waals surface area (Å²) in [7, 11) is 0. The van der Waals surface area contributed by atoms with Gasteiger partial charge in [-0.2, -0.15) is 0 Å². The Balaban J connectivity index is 1.74. The van der Waals surface area contributed by atoms with Crippen molar-refractivity contribution in [3.8, 4) is 0 Å². The van der Waals surface area contributed by atoms with E-state index >= 15 is 0 Å². The minimum Gasteiger partial charge on any atom is -0.353 e. The first-order chi connectivity index (χ1) is 8.35. The van der Waals surface area contributed by atoms with Gasteiger partial charge < -0.3 is 5.32 Å². The first-order valence-corrected chi connectivity index (χ1v) is 8.27. The lowest BCUT2D eigenvalue weighted by Crippen LogP contribution is -2.41. The van der Waals surface area contributed by atoms with Gasteiger partial charge in [-0.1, -0.05) is 27.2 Å².